The van der Waals surface area contributed by atoms with E-state index in [0.717, 1.165) is 24.2 Å². The van der Waals surface area contributed by atoms with E-state index in [9.17, 15) is 0 Å². The molecule has 4 aliphatic rings. The second-order valence-corrected chi connectivity index (χ2v) is 19.3. The number of rotatable bonds is 8. The van der Waals surface area contributed by atoms with Crippen molar-refractivity contribution < 1.29 is 0 Å². The molecule has 0 spiro atoms. The SMILES string of the molecule is CC1(C)c2ccccc2-n2c3ccc(N(C4=CC=C5C=CC=CC5C4)c4ccc(-c5ccccc5)cc4)cc3c3cc(N(c4ccc(-c5ccccc5)cc4)C4C=Cc5ccccc5C4)cc1c32. The number of aromatic nitrogens is 1. The molecule has 68 heavy (non-hydrogen) atoms. The van der Waals surface area contributed by atoms with Gasteiger partial charge in [0.15, 0.2) is 0 Å². The maximum atomic E-state index is 2.60. The minimum absolute atomic E-state index is 0.106. The summed E-state index contributed by atoms with van der Waals surface area (Å²) in [4.78, 5) is 5.11. The zero-order chi connectivity index (χ0) is 45.3. The number of nitrogens with zero attached hydrogens (tertiary/aromatic N) is 3. The first kappa shape index (κ1) is 40.2. The first-order chi connectivity index (χ1) is 33.5. The summed E-state index contributed by atoms with van der Waals surface area (Å²) in [5.74, 6) is 0.336. The zero-order valence-electron chi connectivity index (χ0n) is 38.4. The van der Waals surface area contributed by atoms with Crippen LogP contribution < -0.4 is 9.80 Å². The largest absolute Gasteiger partial charge is 0.334 e. The van der Waals surface area contributed by atoms with Gasteiger partial charge in [0.05, 0.1) is 22.8 Å². The molecule has 0 saturated carbocycles. The van der Waals surface area contributed by atoms with Crippen molar-refractivity contribution in [2.45, 2.75) is 38.1 Å². The van der Waals surface area contributed by atoms with Gasteiger partial charge in [-0.2, -0.15) is 0 Å². The Kier molecular flexibility index (Phi) is 9.47. The van der Waals surface area contributed by atoms with E-state index in [2.05, 4.69) is 265 Å². The van der Waals surface area contributed by atoms with E-state index in [0.29, 0.717) is 5.92 Å². The second kappa shape index (κ2) is 16.0. The number of benzene rings is 8. The number of para-hydroxylation sites is 1. The van der Waals surface area contributed by atoms with Gasteiger partial charge in [-0.25, -0.2) is 0 Å². The quantitative estimate of drug-likeness (QED) is 0.151. The Morgan fingerprint density at radius 1 is 0.500 bits per heavy atom. The van der Waals surface area contributed by atoms with Gasteiger partial charge in [0.1, 0.15) is 0 Å². The van der Waals surface area contributed by atoms with E-state index in [1.807, 2.05) is 0 Å². The second-order valence-electron chi connectivity index (χ2n) is 19.3. The van der Waals surface area contributed by atoms with Crippen molar-refractivity contribution in [2.24, 2.45) is 5.92 Å². The van der Waals surface area contributed by atoms with Crippen LogP contribution in [0.3, 0.4) is 0 Å². The lowest BCUT2D eigenvalue weighted by Gasteiger charge is -2.38. The lowest BCUT2D eigenvalue weighted by atomic mass is 9.74. The molecule has 2 heterocycles. The standard InChI is InChI=1S/C65H51N3/c1-65(2)60-23-13-14-24-63(60)68-62-38-37-56(66(54-35-29-46-19-9-11-21-50(46)39-54)52-31-25-48(26-32-52)44-15-5-3-6-16-44)41-58(62)59-42-57(43-61(65)64(59)68)67(55-36-30-47-20-10-12-22-51(47)40-55)53-33-27-49(28-34-53)45-17-7-4-8-18-45/h3-38,41-43,50,55H,39-40H2,1-2H3. The van der Waals surface area contributed by atoms with Crippen LogP contribution >= 0.6 is 0 Å². The fourth-order valence-electron chi connectivity index (χ4n) is 11.5. The van der Waals surface area contributed by atoms with Crippen molar-refractivity contribution >= 4 is 50.6 Å². The average molecular weight is 874 g/mol. The summed E-state index contributed by atoms with van der Waals surface area (Å²) in [5.41, 5.74) is 21.0. The van der Waals surface area contributed by atoms with E-state index in [1.165, 1.54) is 94.6 Å². The van der Waals surface area contributed by atoms with Gasteiger partial charge in [0.25, 0.3) is 0 Å². The lowest BCUT2D eigenvalue weighted by molar-refractivity contribution is 0.629. The van der Waals surface area contributed by atoms with E-state index < -0.39 is 0 Å². The van der Waals surface area contributed by atoms with Crippen molar-refractivity contribution in [3.63, 3.8) is 0 Å². The van der Waals surface area contributed by atoms with Crippen LogP contribution in [0, 0.1) is 5.92 Å². The van der Waals surface area contributed by atoms with Crippen molar-refractivity contribution in [3.05, 3.63) is 264 Å². The van der Waals surface area contributed by atoms with Crippen LogP contribution in [0.5, 0.6) is 0 Å². The van der Waals surface area contributed by atoms with Gasteiger partial charge in [0.2, 0.25) is 0 Å². The summed E-state index contributed by atoms with van der Waals surface area (Å²) in [5, 5.41) is 2.51. The molecule has 13 rings (SSSR count). The summed E-state index contributed by atoms with van der Waals surface area (Å²) in [6.45, 7) is 4.83. The highest BCUT2D eigenvalue weighted by atomic mass is 15.2. The zero-order valence-corrected chi connectivity index (χ0v) is 38.4. The van der Waals surface area contributed by atoms with Gasteiger partial charge in [-0.1, -0.05) is 184 Å². The van der Waals surface area contributed by atoms with Gasteiger partial charge in [-0.3, -0.25) is 0 Å². The van der Waals surface area contributed by atoms with Crippen LogP contribution in [0.1, 0.15) is 42.5 Å². The van der Waals surface area contributed by atoms with E-state index in [4.69, 9.17) is 0 Å². The molecule has 0 radical (unpaired) electrons. The molecule has 2 atom stereocenters. The van der Waals surface area contributed by atoms with Crippen molar-refractivity contribution in [2.75, 3.05) is 9.80 Å². The first-order valence-corrected chi connectivity index (χ1v) is 24.1. The fourth-order valence-corrected chi connectivity index (χ4v) is 11.5. The fraction of sp³-hybridized carbons (Fsp3) is 0.108. The lowest BCUT2D eigenvalue weighted by Crippen LogP contribution is -2.33. The minimum Gasteiger partial charge on any atom is -0.334 e. The smallest absolute Gasteiger partial charge is 0.0583 e. The third-order valence-corrected chi connectivity index (χ3v) is 15.0. The number of anilines is 4. The third kappa shape index (κ3) is 6.64. The predicted octanol–water partition coefficient (Wildman–Crippen LogP) is 16.6. The summed E-state index contributed by atoms with van der Waals surface area (Å²) in [6, 6.07) is 70.0. The highest BCUT2D eigenvalue weighted by Gasteiger charge is 2.37. The Balaban J connectivity index is 1.03. The Labute approximate surface area is 399 Å². The molecule has 1 aliphatic heterocycles. The first-order valence-electron chi connectivity index (χ1n) is 24.1. The molecule has 8 aromatic carbocycles. The Morgan fingerprint density at radius 3 is 1.91 bits per heavy atom. The predicted molar refractivity (Wildman–Crippen MR) is 286 cm³/mol. The van der Waals surface area contributed by atoms with Crippen molar-refractivity contribution in [1.82, 2.24) is 4.57 Å². The molecule has 0 saturated heterocycles. The van der Waals surface area contributed by atoms with Crippen LogP contribution in [0.4, 0.5) is 22.7 Å². The van der Waals surface area contributed by atoms with Crippen molar-refractivity contribution in [3.8, 4) is 27.9 Å². The van der Waals surface area contributed by atoms with E-state index >= 15 is 0 Å². The van der Waals surface area contributed by atoms with Crippen LogP contribution in [0.2, 0.25) is 0 Å². The maximum Gasteiger partial charge on any atom is 0.0583 e. The highest BCUT2D eigenvalue weighted by molar-refractivity contribution is 6.14. The molecule has 3 nitrogen and oxygen atoms in total. The normalized spacial score (nSPS) is 17.3. The molecule has 0 bridgehead atoms. The van der Waals surface area contributed by atoms with E-state index in [1.54, 1.807) is 0 Å². The summed E-state index contributed by atoms with van der Waals surface area (Å²) in [7, 11) is 0. The van der Waals surface area contributed by atoms with Crippen molar-refractivity contribution in [1.29, 1.82) is 0 Å². The average Bonchev–Trinajstić information content (AvgIpc) is 3.72. The Morgan fingerprint density at radius 2 is 1.15 bits per heavy atom. The van der Waals surface area contributed by atoms with Crippen LogP contribution in [-0.2, 0) is 11.8 Å². The molecule has 0 fully saturated rings. The molecule has 0 amide bonds. The van der Waals surface area contributed by atoms with Gasteiger partial charge in [-0.05, 0) is 130 Å². The highest BCUT2D eigenvalue weighted by Crippen LogP contribution is 2.51. The van der Waals surface area contributed by atoms with Gasteiger partial charge < -0.3 is 14.4 Å². The monoisotopic (exact) mass is 873 g/mol. The molecule has 1 aromatic heterocycles. The molecule has 2 unspecified atom stereocenters. The van der Waals surface area contributed by atoms with Crippen LogP contribution in [0.25, 0.3) is 55.8 Å². The third-order valence-electron chi connectivity index (χ3n) is 15.0. The molecular formula is C65H51N3. The maximum absolute atomic E-state index is 2.60. The Bertz CT molecular complexity index is 3580. The topological polar surface area (TPSA) is 11.4 Å². The summed E-state index contributed by atoms with van der Waals surface area (Å²) >= 11 is 0. The molecule has 3 aliphatic carbocycles. The number of fused-ring (bicyclic) bond motifs is 7. The number of hydrogen-bond donors (Lipinski definition) is 0. The molecule has 326 valence electrons. The Hall–Kier alpha value is -8.14. The van der Waals surface area contributed by atoms with Gasteiger partial charge in [0, 0.05) is 50.6 Å². The molecule has 0 N–H and O–H groups in total. The van der Waals surface area contributed by atoms with Gasteiger partial charge in [-0.15, -0.1) is 0 Å². The summed E-state index contributed by atoms with van der Waals surface area (Å²) < 4.78 is 2.55. The number of allylic oxidation sites excluding steroid dienone is 8. The molecular weight excluding hydrogens is 823 g/mol. The summed E-state index contributed by atoms with van der Waals surface area (Å²) in [6.07, 6.45) is 20.2. The minimum atomic E-state index is -0.263. The van der Waals surface area contributed by atoms with Gasteiger partial charge >= 0.3 is 0 Å². The molecule has 9 aromatic rings. The van der Waals surface area contributed by atoms with Crippen LogP contribution in [-0.4, -0.2) is 10.6 Å². The molecule has 3 heteroatoms. The number of hydrogen-bond acceptors (Lipinski definition) is 2. The van der Waals surface area contributed by atoms with Crippen LogP contribution in [0.15, 0.2) is 242 Å². The van der Waals surface area contributed by atoms with E-state index in [-0.39, 0.29) is 11.5 Å².